The van der Waals surface area contributed by atoms with Crippen LogP contribution in [0.2, 0.25) is 0 Å². The number of nitrogens with zero attached hydrogens (tertiary/aromatic N) is 1. The highest BCUT2D eigenvalue weighted by molar-refractivity contribution is 7.80. The molecule has 1 rings (SSSR count). The SMILES string of the molecule is Cc1ccc(C(=O)NC(N)=S)cc1[N+](=O)[O-]. The van der Waals surface area contributed by atoms with Crippen molar-refractivity contribution >= 4 is 28.9 Å². The number of thiocarbonyl (C=S) groups is 1. The fraction of sp³-hybridized carbons (Fsp3) is 0.111. The van der Waals surface area contributed by atoms with Crippen LogP contribution in [0.3, 0.4) is 0 Å². The van der Waals surface area contributed by atoms with Crippen LogP contribution in [0.1, 0.15) is 15.9 Å². The van der Waals surface area contributed by atoms with Crippen molar-refractivity contribution in [2.75, 3.05) is 0 Å². The van der Waals surface area contributed by atoms with Gasteiger partial charge in [0.05, 0.1) is 4.92 Å². The van der Waals surface area contributed by atoms with Crippen molar-refractivity contribution in [1.82, 2.24) is 5.32 Å². The molecular formula is C9H9N3O3S. The first-order valence-electron chi connectivity index (χ1n) is 4.27. The minimum absolute atomic E-state index is 0.115. The maximum atomic E-state index is 11.4. The number of nitrogens with one attached hydrogen (secondary N) is 1. The number of hydrogen-bond donors (Lipinski definition) is 2. The molecule has 0 aliphatic carbocycles. The molecule has 0 radical (unpaired) electrons. The lowest BCUT2D eigenvalue weighted by atomic mass is 10.1. The largest absolute Gasteiger partial charge is 0.376 e. The summed E-state index contributed by atoms with van der Waals surface area (Å²) in [6.07, 6.45) is 0. The number of nitro benzene ring substituents is 1. The fourth-order valence-corrected chi connectivity index (χ4v) is 1.22. The maximum Gasteiger partial charge on any atom is 0.273 e. The molecule has 16 heavy (non-hydrogen) atoms. The molecule has 0 unspecified atom stereocenters. The highest BCUT2D eigenvalue weighted by atomic mass is 32.1. The molecule has 7 heteroatoms. The molecule has 0 saturated carbocycles. The zero-order valence-electron chi connectivity index (χ0n) is 8.39. The maximum absolute atomic E-state index is 11.4. The first kappa shape index (κ1) is 12.1. The number of hydrogen-bond acceptors (Lipinski definition) is 4. The molecule has 0 aliphatic heterocycles. The van der Waals surface area contributed by atoms with Gasteiger partial charge in [-0.2, -0.15) is 0 Å². The Kier molecular flexibility index (Phi) is 3.51. The van der Waals surface area contributed by atoms with Gasteiger partial charge in [-0.3, -0.25) is 20.2 Å². The van der Waals surface area contributed by atoms with E-state index in [1.807, 2.05) is 0 Å². The first-order chi connectivity index (χ1) is 7.41. The molecule has 84 valence electrons. The van der Waals surface area contributed by atoms with Crippen molar-refractivity contribution in [2.45, 2.75) is 6.92 Å². The zero-order valence-corrected chi connectivity index (χ0v) is 9.21. The minimum atomic E-state index is -0.560. The van der Waals surface area contributed by atoms with Gasteiger partial charge >= 0.3 is 0 Å². The predicted octanol–water partition coefficient (Wildman–Crippen LogP) is 0.877. The third-order valence-electron chi connectivity index (χ3n) is 1.90. The van der Waals surface area contributed by atoms with Gasteiger partial charge in [-0.05, 0) is 25.2 Å². The molecular weight excluding hydrogens is 230 g/mol. The van der Waals surface area contributed by atoms with Gasteiger partial charge in [0.2, 0.25) is 0 Å². The number of carbonyl (C=O) groups is 1. The number of carbonyl (C=O) groups excluding carboxylic acids is 1. The normalized spacial score (nSPS) is 9.56. The van der Waals surface area contributed by atoms with Crippen molar-refractivity contribution in [3.8, 4) is 0 Å². The molecule has 1 amide bonds. The number of aryl methyl sites for hydroxylation is 1. The van der Waals surface area contributed by atoms with Gasteiger partial charge in [0.15, 0.2) is 5.11 Å². The summed E-state index contributed by atoms with van der Waals surface area (Å²) in [7, 11) is 0. The standard InChI is InChI=1S/C9H9N3O3S/c1-5-2-3-6(4-7(5)12(14)15)8(13)11-9(10)16/h2-4H,1H3,(H3,10,11,13,16). The van der Waals surface area contributed by atoms with E-state index in [9.17, 15) is 14.9 Å². The third-order valence-corrected chi connectivity index (χ3v) is 2.01. The van der Waals surface area contributed by atoms with Crippen LogP contribution in [0.5, 0.6) is 0 Å². The molecule has 1 aromatic carbocycles. The Labute approximate surface area is 96.6 Å². The van der Waals surface area contributed by atoms with Crippen molar-refractivity contribution in [3.05, 3.63) is 39.4 Å². The fourth-order valence-electron chi connectivity index (χ4n) is 1.13. The van der Waals surface area contributed by atoms with E-state index in [4.69, 9.17) is 5.73 Å². The van der Waals surface area contributed by atoms with E-state index >= 15 is 0 Å². The van der Waals surface area contributed by atoms with Crippen molar-refractivity contribution in [1.29, 1.82) is 0 Å². The van der Waals surface area contributed by atoms with Gasteiger partial charge in [-0.25, -0.2) is 0 Å². The van der Waals surface area contributed by atoms with Crippen LogP contribution in [0.15, 0.2) is 18.2 Å². The smallest absolute Gasteiger partial charge is 0.273 e. The summed E-state index contributed by atoms with van der Waals surface area (Å²) in [5.74, 6) is -0.560. The molecule has 0 bridgehead atoms. The zero-order chi connectivity index (χ0) is 12.3. The summed E-state index contributed by atoms with van der Waals surface area (Å²) in [6.45, 7) is 1.59. The lowest BCUT2D eigenvalue weighted by Gasteiger charge is -2.03. The van der Waals surface area contributed by atoms with E-state index in [1.165, 1.54) is 18.2 Å². The third kappa shape index (κ3) is 2.74. The van der Waals surface area contributed by atoms with Gasteiger partial charge in [0.25, 0.3) is 11.6 Å². The molecule has 1 aromatic rings. The lowest BCUT2D eigenvalue weighted by molar-refractivity contribution is -0.385. The summed E-state index contributed by atoms with van der Waals surface area (Å²) < 4.78 is 0. The second-order valence-electron chi connectivity index (χ2n) is 3.08. The number of amides is 1. The van der Waals surface area contributed by atoms with Gasteiger partial charge < -0.3 is 5.73 Å². The quantitative estimate of drug-likeness (QED) is 0.453. The van der Waals surface area contributed by atoms with Crippen LogP contribution in [-0.2, 0) is 0 Å². The Morgan fingerprint density at radius 2 is 2.19 bits per heavy atom. The predicted molar refractivity (Wildman–Crippen MR) is 62.1 cm³/mol. The minimum Gasteiger partial charge on any atom is -0.376 e. The Bertz CT molecular complexity index is 473. The van der Waals surface area contributed by atoms with Crippen LogP contribution >= 0.6 is 12.2 Å². The van der Waals surface area contributed by atoms with Crippen molar-refractivity contribution in [3.63, 3.8) is 0 Å². The monoisotopic (exact) mass is 239 g/mol. The van der Waals surface area contributed by atoms with Crippen molar-refractivity contribution < 1.29 is 9.72 Å². The molecule has 0 heterocycles. The van der Waals surface area contributed by atoms with Gasteiger partial charge in [0.1, 0.15) is 0 Å². The van der Waals surface area contributed by atoms with Crippen LogP contribution in [0.4, 0.5) is 5.69 Å². The number of nitro groups is 1. The topological polar surface area (TPSA) is 98.3 Å². The number of nitrogens with two attached hydrogens (primary N) is 1. The second kappa shape index (κ2) is 4.67. The Morgan fingerprint density at radius 1 is 1.56 bits per heavy atom. The Morgan fingerprint density at radius 3 is 2.69 bits per heavy atom. The number of rotatable bonds is 2. The van der Waals surface area contributed by atoms with Crippen LogP contribution in [-0.4, -0.2) is 15.9 Å². The van der Waals surface area contributed by atoms with E-state index in [1.54, 1.807) is 6.92 Å². The van der Waals surface area contributed by atoms with E-state index in [2.05, 4.69) is 17.5 Å². The average Bonchev–Trinajstić information content (AvgIpc) is 2.16. The highest BCUT2D eigenvalue weighted by Gasteiger charge is 2.14. The highest BCUT2D eigenvalue weighted by Crippen LogP contribution is 2.18. The number of benzene rings is 1. The van der Waals surface area contributed by atoms with Crippen LogP contribution in [0.25, 0.3) is 0 Å². The summed E-state index contributed by atoms with van der Waals surface area (Å²) >= 11 is 4.49. The lowest BCUT2D eigenvalue weighted by Crippen LogP contribution is -2.34. The van der Waals surface area contributed by atoms with Crippen molar-refractivity contribution in [2.24, 2.45) is 5.73 Å². The molecule has 0 spiro atoms. The van der Waals surface area contributed by atoms with Gasteiger partial charge in [0, 0.05) is 17.2 Å². The molecule has 0 aromatic heterocycles. The van der Waals surface area contributed by atoms with E-state index in [-0.39, 0.29) is 16.4 Å². The van der Waals surface area contributed by atoms with Crippen LogP contribution in [0, 0.1) is 17.0 Å². The summed E-state index contributed by atoms with van der Waals surface area (Å²) in [5, 5.41) is 12.7. The van der Waals surface area contributed by atoms with E-state index in [0.717, 1.165) is 0 Å². The average molecular weight is 239 g/mol. The molecule has 0 fully saturated rings. The molecule has 0 atom stereocenters. The first-order valence-corrected chi connectivity index (χ1v) is 4.68. The van der Waals surface area contributed by atoms with Gasteiger partial charge in [-0.1, -0.05) is 6.07 Å². The van der Waals surface area contributed by atoms with Gasteiger partial charge in [-0.15, -0.1) is 0 Å². The van der Waals surface area contributed by atoms with E-state index < -0.39 is 10.8 Å². The Hall–Kier alpha value is -2.02. The second-order valence-corrected chi connectivity index (χ2v) is 3.52. The van der Waals surface area contributed by atoms with Crippen LogP contribution < -0.4 is 11.1 Å². The summed E-state index contributed by atoms with van der Waals surface area (Å²) in [6, 6.07) is 4.14. The Balaban J connectivity index is 3.08. The van der Waals surface area contributed by atoms with E-state index in [0.29, 0.717) is 5.56 Å². The summed E-state index contributed by atoms with van der Waals surface area (Å²) in [4.78, 5) is 21.5. The molecule has 0 aliphatic rings. The molecule has 3 N–H and O–H groups in total. The molecule has 0 saturated heterocycles. The molecule has 6 nitrogen and oxygen atoms in total. The summed E-state index contributed by atoms with van der Waals surface area (Å²) in [5.41, 5.74) is 5.64.